The number of esters is 2. The molecule has 8 atom stereocenters. The van der Waals surface area contributed by atoms with E-state index in [1.807, 2.05) is 37.3 Å². The van der Waals surface area contributed by atoms with E-state index < -0.39 is 29.6 Å². The summed E-state index contributed by atoms with van der Waals surface area (Å²) in [6.07, 6.45) is 4.92. The number of fused-ring (bicyclic) bond motifs is 1. The van der Waals surface area contributed by atoms with Gasteiger partial charge in [0.1, 0.15) is 12.6 Å². The average molecular weight is 968 g/mol. The van der Waals surface area contributed by atoms with Crippen LogP contribution in [0.5, 0.6) is 0 Å². The summed E-state index contributed by atoms with van der Waals surface area (Å²) in [5.74, 6) is -0.652. The van der Waals surface area contributed by atoms with Crippen molar-refractivity contribution in [3.8, 4) is 0 Å². The normalized spacial score (nSPS) is 36.4. The van der Waals surface area contributed by atoms with E-state index in [2.05, 4.69) is 12.2 Å². The first-order valence-electron chi connectivity index (χ1n) is 13.4. The second-order valence-corrected chi connectivity index (χ2v) is 11.8. The second kappa shape index (κ2) is 13.5. The molecular formula is C29H39Ac2NO7. The predicted molar refractivity (Wildman–Crippen MR) is 135 cm³/mol. The van der Waals surface area contributed by atoms with Gasteiger partial charge in [-0.1, -0.05) is 44.2 Å². The van der Waals surface area contributed by atoms with Crippen LogP contribution in [0.25, 0.3) is 0 Å². The molecule has 0 bridgehead atoms. The number of epoxide rings is 1. The van der Waals surface area contributed by atoms with Gasteiger partial charge >= 0.3 is 11.9 Å². The second-order valence-electron chi connectivity index (χ2n) is 11.8. The number of benzene rings is 1. The van der Waals surface area contributed by atoms with Gasteiger partial charge in [0.2, 0.25) is 0 Å². The summed E-state index contributed by atoms with van der Waals surface area (Å²) in [5.41, 5.74) is 0.161. The molecule has 3 fully saturated rings. The minimum atomic E-state index is -0.760. The van der Waals surface area contributed by atoms with Crippen LogP contribution in [0.4, 0.5) is 0 Å². The van der Waals surface area contributed by atoms with Crippen molar-refractivity contribution in [1.82, 2.24) is 5.32 Å². The Kier molecular flexibility index (Phi) is 11.8. The molecule has 208 valence electrons. The molecule has 5 rings (SSSR count). The van der Waals surface area contributed by atoms with E-state index in [0.717, 1.165) is 24.8 Å². The topological polar surface area (TPSA) is 118 Å². The molecule has 1 spiro atoms. The zero-order valence-corrected chi connectivity index (χ0v) is 32.6. The standard InChI is InChI=1S/C29H39NO7.2Ac/c1-27-12-10-23(32)28(2,16-31)21(27)9-13-29(17-37-29)22(27)15-20(19-11-14-36-25(19)33)30-24(26(34)35-3)18-7-5-4-6-8-18;;/h4-8,11,20-24,30-32H,9-10,12-17H2,1-3H3;;/t20?,21?,22-,23?,24?,27+,28+,29+;;/m1../s1. The Bertz CT molecular complexity index is 1060. The first-order valence-corrected chi connectivity index (χ1v) is 13.4. The third kappa shape index (κ3) is 6.31. The van der Waals surface area contributed by atoms with Gasteiger partial charge in [-0.05, 0) is 61.0 Å². The number of ether oxygens (including phenoxy) is 3. The van der Waals surface area contributed by atoms with E-state index in [0.29, 0.717) is 25.0 Å². The third-order valence-electron chi connectivity index (χ3n) is 9.99. The van der Waals surface area contributed by atoms with Crippen LogP contribution in [0.1, 0.15) is 57.6 Å². The van der Waals surface area contributed by atoms with Gasteiger partial charge in [0.15, 0.2) is 0 Å². The van der Waals surface area contributed by atoms with Gasteiger partial charge in [-0.25, -0.2) is 9.59 Å². The quantitative estimate of drug-likeness (QED) is 0.270. The predicted octanol–water partition coefficient (Wildman–Crippen LogP) is 2.69. The number of carbonyl (C=O) groups excluding carboxylic acids is 2. The van der Waals surface area contributed by atoms with E-state index in [1.54, 1.807) is 6.08 Å². The molecule has 0 amide bonds. The van der Waals surface area contributed by atoms with Gasteiger partial charge in [-0.2, -0.15) is 0 Å². The maximum Gasteiger partial charge on any atom is 0.335 e. The van der Waals surface area contributed by atoms with E-state index in [4.69, 9.17) is 14.2 Å². The summed E-state index contributed by atoms with van der Waals surface area (Å²) >= 11 is 0. The van der Waals surface area contributed by atoms with Crippen LogP contribution in [0, 0.1) is 111 Å². The van der Waals surface area contributed by atoms with Gasteiger partial charge in [0.05, 0.1) is 37.6 Å². The Labute approximate surface area is 302 Å². The van der Waals surface area contributed by atoms with Crippen molar-refractivity contribution in [2.45, 2.75) is 69.7 Å². The summed E-state index contributed by atoms with van der Waals surface area (Å²) in [7, 11) is 1.36. The van der Waals surface area contributed by atoms with E-state index >= 15 is 0 Å². The molecule has 3 N–H and O–H groups in total. The number of carbonyl (C=O) groups is 2. The molecule has 2 saturated carbocycles. The van der Waals surface area contributed by atoms with Crippen LogP contribution < -0.4 is 5.32 Å². The van der Waals surface area contributed by atoms with Gasteiger partial charge in [-0.3, -0.25) is 5.32 Å². The Morgan fingerprint density at radius 3 is 2.44 bits per heavy atom. The Morgan fingerprint density at radius 1 is 1.18 bits per heavy atom. The van der Waals surface area contributed by atoms with Crippen molar-refractivity contribution in [2.24, 2.45) is 22.7 Å². The van der Waals surface area contributed by atoms with Crippen molar-refractivity contribution in [2.75, 3.05) is 26.9 Å². The molecule has 1 aromatic carbocycles. The fourth-order valence-electron chi connectivity index (χ4n) is 7.76. The van der Waals surface area contributed by atoms with E-state index in [1.165, 1.54) is 7.11 Å². The molecule has 2 heterocycles. The molecule has 2 radical (unpaired) electrons. The van der Waals surface area contributed by atoms with Gasteiger partial charge in [0.25, 0.3) is 0 Å². The van der Waals surface area contributed by atoms with Crippen molar-refractivity contribution in [3.05, 3.63) is 47.5 Å². The first-order chi connectivity index (χ1) is 17.7. The van der Waals surface area contributed by atoms with Crippen LogP contribution in [0.3, 0.4) is 0 Å². The number of cyclic esters (lactones) is 1. The Hall–Kier alpha value is 0.623. The van der Waals surface area contributed by atoms with Crippen LogP contribution in [0.15, 0.2) is 42.0 Å². The molecule has 4 unspecified atom stereocenters. The van der Waals surface area contributed by atoms with E-state index in [9.17, 15) is 19.8 Å². The number of aliphatic hydroxyl groups is 2. The summed E-state index contributed by atoms with van der Waals surface area (Å²) in [6.45, 7) is 5.05. The molecule has 8 nitrogen and oxygen atoms in total. The van der Waals surface area contributed by atoms with Gasteiger partial charge < -0.3 is 24.4 Å². The van der Waals surface area contributed by atoms with Crippen molar-refractivity contribution in [3.63, 3.8) is 0 Å². The molecule has 1 saturated heterocycles. The first kappa shape index (κ1) is 34.1. The molecule has 2 aliphatic heterocycles. The summed E-state index contributed by atoms with van der Waals surface area (Å²) < 4.78 is 16.6. The van der Waals surface area contributed by atoms with Crippen molar-refractivity contribution in [1.29, 1.82) is 0 Å². The zero-order chi connectivity index (χ0) is 26.4. The number of rotatable bonds is 8. The maximum atomic E-state index is 12.9. The van der Waals surface area contributed by atoms with Crippen LogP contribution >= 0.6 is 0 Å². The third-order valence-corrected chi connectivity index (χ3v) is 9.99. The fraction of sp³-hybridized carbons (Fsp3) is 0.655. The van der Waals surface area contributed by atoms with Crippen molar-refractivity contribution >= 4 is 11.9 Å². The molecule has 39 heavy (non-hydrogen) atoms. The van der Waals surface area contributed by atoms with E-state index in [-0.39, 0.29) is 130 Å². The van der Waals surface area contributed by atoms with Crippen LogP contribution in [-0.2, 0) is 23.8 Å². The summed E-state index contributed by atoms with van der Waals surface area (Å²) in [5, 5.41) is 24.8. The smallest absolute Gasteiger partial charge is 0.335 e. The summed E-state index contributed by atoms with van der Waals surface area (Å²) in [4.78, 5) is 25.7. The van der Waals surface area contributed by atoms with Crippen LogP contribution in [0.2, 0.25) is 0 Å². The maximum absolute atomic E-state index is 12.9. The number of nitrogens with one attached hydrogen (secondary N) is 1. The largest absolute Gasteiger partial charge is 0.468 e. The van der Waals surface area contributed by atoms with Crippen molar-refractivity contribution < 1.29 is 122 Å². The molecule has 0 aromatic heterocycles. The molecule has 2 aliphatic carbocycles. The number of methoxy groups -OCH3 is 1. The molecule has 1 aromatic rings. The average Bonchev–Trinajstić information content (AvgIpc) is 3.55. The molecular weight excluding hydrogens is 928 g/mol. The molecule has 4 aliphatic rings. The van der Waals surface area contributed by atoms with Gasteiger partial charge in [-0.15, -0.1) is 0 Å². The summed E-state index contributed by atoms with van der Waals surface area (Å²) in [6, 6.07) is 8.14. The minimum Gasteiger partial charge on any atom is -0.468 e. The monoisotopic (exact) mass is 967 g/mol. The SMILES string of the molecule is COC(=O)C(NC(C[C@H]1[C@]2(CCC3[C@](C)(CO)C(O)CC[C@@]31C)CO2)C1=CCOC1=O)c1ccccc1.[Ac].[Ac]. The Balaban J connectivity index is 0.00000210. The number of hydrogen-bond donors (Lipinski definition) is 3. The minimum absolute atomic E-state index is 0. The van der Waals surface area contributed by atoms with Gasteiger partial charge in [0, 0.05) is 99.6 Å². The fourth-order valence-corrected chi connectivity index (χ4v) is 7.76. The Morgan fingerprint density at radius 2 is 1.87 bits per heavy atom. The van der Waals surface area contributed by atoms with Crippen LogP contribution in [-0.4, -0.2) is 66.8 Å². The number of aliphatic hydroxyl groups excluding tert-OH is 2. The molecule has 10 heteroatoms. The zero-order valence-electron chi connectivity index (χ0n) is 23.1. The number of hydrogen-bond acceptors (Lipinski definition) is 8.